The van der Waals surface area contributed by atoms with Crippen LogP contribution in [0.5, 0.6) is 5.75 Å². The Morgan fingerprint density at radius 2 is 2.00 bits per heavy atom. The Hall–Kier alpha value is -2.54. The highest BCUT2D eigenvalue weighted by atomic mass is 16.5. The van der Waals surface area contributed by atoms with Crippen molar-refractivity contribution >= 4 is 5.82 Å². The minimum atomic E-state index is 0.131. The van der Waals surface area contributed by atoms with Crippen LogP contribution in [-0.2, 0) is 0 Å². The van der Waals surface area contributed by atoms with Crippen LogP contribution in [0.4, 0.5) is 5.82 Å². The predicted molar refractivity (Wildman–Crippen MR) is 78.6 cm³/mol. The van der Waals surface area contributed by atoms with Gasteiger partial charge in [0.1, 0.15) is 17.6 Å². The zero-order chi connectivity index (χ0) is 14.4. The highest BCUT2D eigenvalue weighted by Crippen LogP contribution is 2.20. The first-order chi connectivity index (χ1) is 9.72. The lowest BCUT2D eigenvalue weighted by atomic mass is 10.1. The number of hydrogen-bond acceptors (Lipinski definition) is 4. The van der Waals surface area contributed by atoms with Gasteiger partial charge in [-0.25, -0.2) is 4.98 Å². The van der Waals surface area contributed by atoms with Gasteiger partial charge in [-0.05, 0) is 43.7 Å². The van der Waals surface area contributed by atoms with Gasteiger partial charge < -0.3 is 10.1 Å². The topological polar surface area (TPSA) is 57.9 Å². The molecule has 1 atom stereocenters. The van der Waals surface area contributed by atoms with Gasteiger partial charge in [-0.3, -0.25) is 0 Å². The summed E-state index contributed by atoms with van der Waals surface area (Å²) in [7, 11) is 0. The molecule has 4 heteroatoms. The van der Waals surface area contributed by atoms with Crippen LogP contribution in [0.1, 0.15) is 31.0 Å². The molecule has 0 aliphatic rings. The van der Waals surface area contributed by atoms with Crippen LogP contribution in [0.2, 0.25) is 0 Å². The summed E-state index contributed by atoms with van der Waals surface area (Å²) in [4.78, 5) is 4.20. The van der Waals surface area contributed by atoms with E-state index in [4.69, 9.17) is 10.00 Å². The lowest BCUT2D eigenvalue weighted by molar-refractivity contribution is 0.340. The molecule has 1 aromatic heterocycles. The maximum Gasteiger partial charge on any atom is 0.126 e. The summed E-state index contributed by atoms with van der Waals surface area (Å²) in [6.07, 6.45) is 1.56. The number of pyridine rings is 1. The van der Waals surface area contributed by atoms with Crippen LogP contribution in [0.15, 0.2) is 42.6 Å². The lowest BCUT2D eigenvalue weighted by Gasteiger charge is -2.15. The van der Waals surface area contributed by atoms with Gasteiger partial charge in [-0.1, -0.05) is 12.1 Å². The van der Waals surface area contributed by atoms with Gasteiger partial charge in [0.25, 0.3) is 0 Å². The zero-order valence-corrected chi connectivity index (χ0v) is 11.6. The van der Waals surface area contributed by atoms with Crippen molar-refractivity contribution in [3.63, 3.8) is 0 Å². The molecule has 1 aromatic carbocycles. The summed E-state index contributed by atoms with van der Waals surface area (Å²) < 4.78 is 5.42. The van der Waals surface area contributed by atoms with Crippen molar-refractivity contribution in [3.8, 4) is 11.8 Å². The van der Waals surface area contributed by atoms with Crippen molar-refractivity contribution in [2.24, 2.45) is 0 Å². The molecule has 0 saturated heterocycles. The molecular formula is C16H17N3O. The van der Waals surface area contributed by atoms with Crippen molar-refractivity contribution in [2.75, 3.05) is 11.9 Å². The van der Waals surface area contributed by atoms with Gasteiger partial charge in [0, 0.05) is 12.2 Å². The molecule has 20 heavy (non-hydrogen) atoms. The molecule has 2 aromatic rings. The van der Waals surface area contributed by atoms with E-state index in [9.17, 15) is 0 Å². The molecule has 2 rings (SSSR count). The minimum absolute atomic E-state index is 0.131. The molecule has 1 unspecified atom stereocenters. The van der Waals surface area contributed by atoms with Crippen LogP contribution in [0, 0.1) is 11.3 Å². The molecule has 0 saturated carbocycles. The average molecular weight is 267 g/mol. The number of benzene rings is 1. The molecule has 0 spiro atoms. The molecule has 102 valence electrons. The Kier molecular flexibility index (Phi) is 4.56. The third-order valence-electron chi connectivity index (χ3n) is 2.95. The van der Waals surface area contributed by atoms with Gasteiger partial charge in [0.15, 0.2) is 0 Å². The summed E-state index contributed by atoms with van der Waals surface area (Å²) in [5.74, 6) is 1.63. The maximum absolute atomic E-state index is 8.74. The quantitative estimate of drug-likeness (QED) is 0.900. The van der Waals surface area contributed by atoms with E-state index < -0.39 is 0 Å². The van der Waals surface area contributed by atoms with E-state index in [0.717, 1.165) is 17.1 Å². The molecule has 1 N–H and O–H groups in total. The predicted octanol–water partition coefficient (Wildman–Crippen LogP) is 3.53. The van der Waals surface area contributed by atoms with E-state index in [2.05, 4.69) is 23.3 Å². The lowest BCUT2D eigenvalue weighted by Crippen LogP contribution is -2.07. The van der Waals surface area contributed by atoms with E-state index in [0.29, 0.717) is 12.2 Å². The normalized spacial score (nSPS) is 11.4. The van der Waals surface area contributed by atoms with Crippen LogP contribution >= 0.6 is 0 Å². The molecular weight excluding hydrogens is 250 g/mol. The first-order valence-electron chi connectivity index (χ1n) is 6.58. The smallest absolute Gasteiger partial charge is 0.126 e. The van der Waals surface area contributed by atoms with Gasteiger partial charge in [0.2, 0.25) is 0 Å². The van der Waals surface area contributed by atoms with E-state index in [1.165, 1.54) is 0 Å². The summed E-state index contributed by atoms with van der Waals surface area (Å²) >= 11 is 0. The number of nitriles is 1. The second-order valence-corrected chi connectivity index (χ2v) is 4.41. The SMILES string of the molecule is CCOc1ccc(C(C)Nc2ccc(C#N)cn2)cc1. The largest absolute Gasteiger partial charge is 0.494 e. The molecule has 0 aliphatic heterocycles. The summed E-state index contributed by atoms with van der Waals surface area (Å²) in [6.45, 7) is 4.70. The molecule has 0 radical (unpaired) electrons. The third kappa shape index (κ3) is 3.48. The Balaban J connectivity index is 2.03. The van der Waals surface area contributed by atoms with E-state index in [1.54, 1.807) is 12.3 Å². The number of nitrogens with one attached hydrogen (secondary N) is 1. The highest BCUT2D eigenvalue weighted by Gasteiger charge is 2.06. The number of hydrogen-bond donors (Lipinski definition) is 1. The molecule has 1 heterocycles. The Labute approximate surface area is 119 Å². The number of rotatable bonds is 5. The molecule has 0 bridgehead atoms. The fourth-order valence-electron chi connectivity index (χ4n) is 1.87. The van der Waals surface area contributed by atoms with Crippen LogP contribution in [-0.4, -0.2) is 11.6 Å². The Morgan fingerprint density at radius 3 is 2.55 bits per heavy atom. The Morgan fingerprint density at radius 1 is 1.25 bits per heavy atom. The molecule has 0 aliphatic carbocycles. The summed E-state index contributed by atoms with van der Waals surface area (Å²) in [6, 6.07) is 13.7. The molecule has 0 fully saturated rings. The molecule has 4 nitrogen and oxygen atoms in total. The van der Waals surface area contributed by atoms with Crippen LogP contribution < -0.4 is 10.1 Å². The monoisotopic (exact) mass is 267 g/mol. The second kappa shape index (κ2) is 6.58. The van der Waals surface area contributed by atoms with E-state index in [1.807, 2.05) is 37.3 Å². The Bertz CT molecular complexity index is 585. The number of nitrogens with zero attached hydrogens (tertiary/aromatic N) is 2. The fourth-order valence-corrected chi connectivity index (χ4v) is 1.87. The zero-order valence-electron chi connectivity index (χ0n) is 11.6. The van der Waals surface area contributed by atoms with Crippen molar-refractivity contribution < 1.29 is 4.74 Å². The van der Waals surface area contributed by atoms with Crippen molar-refractivity contribution in [1.29, 1.82) is 5.26 Å². The van der Waals surface area contributed by atoms with Gasteiger partial charge >= 0.3 is 0 Å². The van der Waals surface area contributed by atoms with E-state index >= 15 is 0 Å². The summed E-state index contributed by atoms with van der Waals surface area (Å²) in [5, 5.41) is 12.0. The maximum atomic E-state index is 8.74. The van der Waals surface area contributed by atoms with E-state index in [-0.39, 0.29) is 6.04 Å². The number of ether oxygens (including phenoxy) is 1. The third-order valence-corrected chi connectivity index (χ3v) is 2.95. The number of aromatic nitrogens is 1. The average Bonchev–Trinajstić information content (AvgIpc) is 2.49. The van der Waals surface area contributed by atoms with Gasteiger partial charge in [0.05, 0.1) is 12.2 Å². The van der Waals surface area contributed by atoms with Crippen LogP contribution in [0.25, 0.3) is 0 Å². The number of anilines is 1. The van der Waals surface area contributed by atoms with Crippen LogP contribution in [0.3, 0.4) is 0 Å². The first kappa shape index (κ1) is 13.9. The standard InChI is InChI=1S/C16H17N3O/c1-3-20-15-7-5-14(6-8-15)12(2)19-16-9-4-13(10-17)11-18-16/h4-9,11-12H,3H2,1-2H3,(H,18,19). The van der Waals surface area contributed by atoms with Crippen molar-refractivity contribution in [1.82, 2.24) is 4.98 Å². The van der Waals surface area contributed by atoms with Crippen molar-refractivity contribution in [2.45, 2.75) is 19.9 Å². The first-order valence-corrected chi connectivity index (χ1v) is 6.58. The van der Waals surface area contributed by atoms with Crippen molar-refractivity contribution in [3.05, 3.63) is 53.7 Å². The minimum Gasteiger partial charge on any atom is -0.494 e. The van der Waals surface area contributed by atoms with Gasteiger partial charge in [-0.15, -0.1) is 0 Å². The van der Waals surface area contributed by atoms with Gasteiger partial charge in [-0.2, -0.15) is 5.26 Å². The fraction of sp³-hybridized carbons (Fsp3) is 0.250. The second-order valence-electron chi connectivity index (χ2n) is 4.41. The highest BCUT2D eigenvalue weighted by molar-refractivity contribution is 5.42. The molecule has 0 amide bonds. The summed E-state index contributed by atoms with van der Waals surface area (Å²) in [5.41, 5.74) is 1.71.